The molecule has 1 atom stereocenters. The average molecular weight is 429 g/mol. The molecule has 7 nitrogen and oxygen atoms in total. The molecular formula is C22H28N4O3S. The fourth-order valence-electron chi connectivity index (χ4n) is 3.32. The average Bonchev–Trinajstić information content (AvgIpc) is 3.17. The zero-order valence-corrected chi connectivity index (χ0v) is 18.4. The smallest absolute Gasteiger partial charge is 0.244 e. The van der Waals surface area contributed by atoms with E-state index in [0.717, 1.165) is 41.6 Å². The Morgan fingerprint density at radius 2 is 1.93 bits per heavy atom. The lowest BCUT2D eigenvalue weighted by Gasteiger charge is -2.35. The Hall–Kier alpha value is -2.71. The summed E-state index contributed by atoms with van der Waals surface area (Å²) < 4.78 is 5.12. The Morgan fingerprint density at radius 3 is 2.53 bits per heavy atom. The highest BCUT2D eigenvalue weighted by Gasteiger charge is 2.25. The first kappa shape index (κ1) is 22.0. The van der Waals surface area contributed by atoms with Gasteiger partial charge in [0.15, 0.2) is 0 Å². The monoisotopic (exact) mass is 428 g/mol. The van der Waals surface area contributed by atoms with Crippen LogP contribution in [0.2, 0.25) is 0 Å². The van der Waals surface area contributed by atoms with Gasteiger partial charge < -0.3 is 15.0 Å². The molecule has 1 saturated heterocycles. The molecule has 1 fully saturated rings. The summed E-state index contributed by atoms with van der Waals surface area (Å²) >= 11 is 1.66. The Balaban J connectivity index is 1.43. The van der Waals surface area contributed by atoms with Crippen LogP contribution in [0.4, 0.5) is 0 Å². The number of ether oxygens (including phenoxy) is 1. The number of benzene rings is 1. The van der Waals surface area contributed by atoms with Crippen molar-refractivity contribution in [3.8, 4) is 5.75 Å². The van der Waals surface area contributed by atoms with Crippen LogP contribution in [0.15, 0.2) is 35.7 Å². The number of hydrogen-bond donors (Lipinski definition) is 1. The number of thiazole rings is 1. The molecule has 0 aliphatic carbocycles. The lowest BCUT2D eigenvalue weighted by atomic mass is 10.2. The molecule has 2 amide bonds. The first-order valence-corrected chi connectivity index (χ1v) is 10.9. The number of carbonyl (C=O) groups excluding carboxylic acids is 2. The molecule has 1 unspecified atom stereocenters. The van der Waals surface area contributed by atoms with Gasteiger partial charge in [0.25, 0.3) is 0 Å². The van der Waals surface area contributed by atoms with Gasteiger partial charge in [0.1, 0.15) is 11.8 Å². The van der Waals surface area contributed by atoms with Crippen molar-refractivity contribution in [2.24, 2.45) is 0 Å². The van der Waals surface area contributed by atoms with E-state index in [1.165, 1.54) is 6.08 Å². The fourth-order valence-corrected chi connectivity index (χ4v) is 3.92. The Bertz CT molecular complexity index is 886. The summed E-state index contributed by atoms with van der Waals surface area (Å²) in [6.07, 6.45) is 3.16. The van der Waals surface area contributed by atoms with Gasteiger partial charge in [-0.25, -0.2) is 4.98 Å². The second-order valence-electron chi connectivity index (χ2n) is 7.30. The molecule has 1 aromatic heterocycles. The van der Waals surface area contributed by atoms with Crippen molar-refractivity contribution in [2.45, 2.75) is 26.4 Å². The summed E-state index contributed by atoms with van der Waals surface area (Å²) in [4.78, 5) is 33.5. The third-order valence-corrected chi connectivity index (χ3v) is 5.83. The van der Waals surface area contributed by atoms with Crippen molar-refractivity contribution in [1.29, 1.82) is 0 Å². The minimum absolute atomic E-state index is 0.0506. The van der Waals surface area contributed by atoms with Crippen molar-refractivity contribution >= 4 is 29.2 Å². The molecule has 0 spiro atoms. The lowest BCUT2D eigenvalue weighted by molar-refractivity contribution is -0.136. The van der Waals surface area contributed by atoms with E-state index in [9.17, 15) is 9.59 Å². The van der Waals surface area contributed by atoms with Gasteiger partial charge in [-0.3, -0.25) is 14.5 Å². The van der Waals surface area contributed by atoms with Crippen LogP contribution in [0.3, 0.4) is 0 Å². The van der Waals surface area contributed by atoms with Gasteiger partial charge in [0, 0.05) is 44.2 Å². The Labute approximate surface area is 181 Å². The van der Waals surface area contributed by atoms with Crippen LogP contribution in [0.1, 0.15) is 23.2 Å². The van der Waals surface area contributed by atoms with Gasteiger partial charge in [-0.15, -0.1) is 11.3 Å². The molecule has 160 valence electrons. The molecule has 1 aliphatic rings. The molecule has 3 rings (SSSR count). The quantitative estimate of drug-likeness (QED) is 0.685. The molecule has 1 aliphatic heterocycles. The van der Waals surface area contributed by atoms with Crippen LogP contribution < -0.4 is 10.1 Å². The molecule has 0 saturated carbocycles. The number of piperazine rings is 1. The van der Waals surface area contributed by atoms with Gasteiger partial charge in [-0.1, -0.05) is 12.1 Å². The lowest BCUT2D eigenvalue weighted by Crippen LogP contribution is -2.53. The van der Waals surface area contributed by atoms with E-state index in [-0.39, 0.29) is 11.8 Å². The highest BCUT2D eigenvalue weighted by molar-refractivity contribution is 7.09. The molecule has 0 bridgehead atoms. The molecule has 1 aromatic carbocycles. The van der Waals surface area contributed by atoms with Crippen LogP contribution >= 0.6 is 11.3 Å². The van der Waals surface area contributed by atoms with Gasteiger partial charge >= 0.3 is 0 Å². The molecular weight excluding hydrogens is 400 g/mol. The number of rotatable bonds is 7. The van der Waals surface area contributed by atoms with Crippen molar-refractivity contribution in [3.05, 3.63) is 52.0 Å². The molecule has 1 N–H and O–H groups in total. The summed E-state index contributed by atoms with van der Waals surface area (Å²) in [7, 11) is 1.61. The van der Waals surface area contributed by atoms with Crippen molar-refractivity contribution < 1.29 is 14.3 Å². The number of carbonyl (C=O) groups is 2. The minimum Gasteiger partial charge on any atom is -0.497 e. The van der Waals surface area contributed by atoms with Crippen molar-refractivity contribution in [2.75, 3.05) is 33.3 Å². The van der Waals surface area contributed by atoms with Crippen LogP contribution in [-0.2, 0) is 16.1 Å². The second kappa shape index (κ2) is 10.4. The summed E-state index contributed by atoms with van der Waals surface area (Å²) in [5.74, 6) is 0.423. The van der Waals surface area contributed by atoms with Gasteiger partial charge in [0.05, 0.1) is 17.8 Å². The number of methoxy groups -OCH3 is 1. The van der Waals surface area contributed by atoms with Crippen molar-refractivity contribution in [1.82, 2.24) is 20.1 Å². The predicted molar refractivity (Wildman–Crippen MR) is 118 cm³/mol. The van der Waals surface area contributed by atoms with E-state index in [0.29, 0.717) is 13.1 Å². The normalized spacial score (nSPS) is 15.9. The maximum atomic E-state index is 12.7. The standard InChI is InChI=1S/C22H28N4O3S/c1-16(23-21(27)9-6-18-4-7-20(29-3)8-5-18)22(28)26-12-10-25(11-13-26)14-19-15-30-17(2)24-19/h4-9,15-16H,10-14H2,1-3H3,(H,23,27)/b9-6+. The van der Waals surface area contributed by atoms with Gasteiger partial charge in [0.2, 0.25) is 11.8 Å². The summed E-state index contributed by atoms with van der Waals surface area (Å²) in [5.41, 5.74) is 1.97. The first-order chi connectivity index (χ1) is 14.4. The number of aromatic nitrogens is 1. The third kappa shape index (κ3) is 6.14. The van der Waals surface area contributed by atoms with Gasteiger partial charge in [-0.05, 0) is 37.6 Å². The number of nitrogens with zero attached hydrogens (tertiary/aromatic N) is 3. The summed E-state index contributed by atoms with van der Waals surface area (Å²) in [6, 6.07) is 6.83. The van der Waals surface area contributed by atoms with E-state index >= 15 is 0 Å². The number of hydrogen-bond acceptors (Lipinski definition) is 6. The van der Waals surface area contributed by atoms with Crippen LogP contribution in [0.25, 0.3) is 6.08 Å². The Kier molecular flexibility index (Phi) is 7.59. The zero-order chi connectivity index (χ0) is 21.5. The summed E-state index contributed by atoms with van der Waals surface area (Å²) in [6.45, 7) is 7.47. The largest absolute Gasteiger partial charge is 0.497 e. The SMILES string of the molecule is COc1ccc(/C=C/C(=O)NC(C)C(=O)N2CCN(Cc3csc(C)n3)CC2)cc1. The third-order valence-electron chi connectivity index (χ3n) is 5.01. The first-order valence-electron chi connectivity index (χ1n) is 9.99. The van der Waals surface area contributed by atoms with Gasteiger partial charge in [-0.2, -0.15) is 0 Å². The topological polar surface area (TPSA) is 74.8 Å². The maximum absolute atomic E-state index is 12.7. The van der Waals surface area contributed by atoms with Crippen LogP contribution in [0, 0.1) is 6.92 Å². The van der Waals surface area contributed by atoms with E-state index in [1.54, 1.807) is 31.4 Å². The number of nitrogens with one attached hydrogen (secondary N) is 1. The minimum atomic E-state index is -0.564. The molecule has 2 aromatic rings. The molecule has 8 heteroatoms. The van der Waals surface area contributed by atoms with E-state index in [4.69, 9.17) is 4.74 Å². The van der Waals surface area contributed by atoms with Crippen LogP contribution in [0.5, 0.6) is 5.75 Å². The highest BCUT2D eigenvalue weighted by atomic mass is 32.1. The number of amides is 2. The maximum Gasteiger partial charge on any atom is 0.244 e. The van der Waals surface area contributed by atoms with Crippen molar-refractivity contribution in [3.63, 3.8) is 0 Å². The number of aryl methyl sites for hydroxylation is 1. The van der Waals surface area contributed by atoms with E-state index < -0.39 is 6.04 Å². The Morgan fingerprint density at radius 1 is 1.23 bits per heavy atom. The summed E-state index contributed by atoms with van der Waals surface area (Å²) in [5, 5.41) is 5.92. The second-order valence-corrected chi connectivity index (χ2v) is 8.36. The van der Waals surface area contributed by atoms with E-state index in [2.05, 4.69) is 20.6 Å². The fraction of sp³-hybridized carbons (Fsp3) is 0.409. The zero-order valence-electron chi connectivity index (χ0n) is 17.6. The van der Waals surface area contributed by atoms with Crippen LogP contribution in [-0.4, -0.2) is 65.9 Å². The highest BCUT2D eigenvalue weighted by Crippen LogP contribution is 2.13. The molecule has 2 heterocycles. The van der Waals surface area contributed by atoms with E-state index in [1.807, 2.05) is 36.1 Å². The molecule has 30 heavy (non-hydrogen) atoms. The molecule has 0 radical (unpaired) electrons. The predicted octanol–water partition coefficient (Wildman–Crippen LogP) is 2.32.